The molecule has 0 saturated heterocycles. The van der Waals surface area contributed by atoms with E-state index < -0.39 is 10.0 Å². The summed E-state index contributed by atoms with van der Waals surface area (Å²) in [5, 5.41) is 0. The van der Waals surface area contributed by atoms with Crippen LogP contribution in [-0.4, -0.2) is 20.5 Å². The Morgan fingerprint density at radius 3 is 2.64 bits per heavy atom. The van der Waals surface area contributed by atoms with Crippen LogP contribution >= 0.6 is 0 Å². The van der Waals surface area contributed by atoms with E-state index >= 15 is 0 Å². The number of nitrogens with zero attached hydrogens (tertiary/aromatic N) is 1. The zero-order valence-corrected chi connectivity index (χ0v) is 13.7. The number of nitrogens with one attached hydrogen (secondary N) is 1. The summed E-state index contributed by atoms with van der Waals surface area (Å²) in [5.74, 6) is 0.571. The molecule has 1 aromatic carbocycles. The molecule has 6 heteroatoms. The average Bonchev–Trinajstić information content (AvgIpc) is 2.53. The van der Waals surface area contributed by atoms with Crippen LogP contribution in [0.1, 0.15) is 30.9 Å². The first-order chi connectivity index (χ1) is 10.4. The average molecular weight is 320 g/mol. The number of ether oxygens (including phenoxy) is 1. The molecule has 1 N–H and O–H groups in total. The fourth-order valence-corrected chi connectivity index (χ4v) is 3.24. The van der Waals surface area contributed by atoms with E-state index in [-0.39, 0.29) is 17.4 Å². The molecule has 0 bridgehead atoms. The second-order valence-electron chi connectivity index (χ2n) is 5.25. The van der Waals surface area contributed by atoms with Crippen LogP contribution < -0.4 is 9.46 Å². The van der Waals surface area contributed by atoms with Gasteiger partial charge in [-0.1, -0.05) is 26.0 Å². The molecule has 2 rings (SSSR count). The summed E-state index contributed by atoms with van der Waals surface area (Å²) < 4.78 is 32.9. The monoisotopic (exact) mass is 320 g/mol. The highest BCUT2D eigenvalue weighted by Gasteiger charge is 2.20. The molecule has 0 radical (unpaired) electrons. The highest BCUT2D eigenvalue weighted by atomic mass is 32.2. The summed E-state index contributed by atoms with van der Waals surface area (Å²) in [6, 6.07) is 8.81. The highest BCUT2D eigenvalue weighted by Crippen LogP contribution is 2.28. The first-order valence-corrected chi connectivity index (χ1v) is 8.49. The third-order valence-electron chi connectivity index (χ3n) is 3.33. The van der Waals surface area contributed by atoms with Gasteiger partial charge in [-0.15, -0.1) is 0 Å². The lowest BCUT2D eigenvalue weighted by Crippen LogP contribution is -2.24. The lowest BCUT2D eigenvalue weighted by atomic mass is 10.0. The van der Waals surface area contributed by atoms with Crippen LogP contribution in [0.25, 0.3) is 0 Å². The van der Waals surface area contributed by atoms with Gasteiger partial charge in [0.15, 0.2) is 0 Å². The molecule has 0 atom stereocenters. The first kappa shape index (κ1) is 16.5. The van der Waals surface area contributed by atoms with Crippen molar-refractivity contribution in [2.45, 2.75) is 31.2 Å². The summed E-state index contributed by atoms with van der Waals surface area (Å²) in [6.45, 7) is 4.22. The van der Waals surface area contributed by atoms with Gasteiger partial charge in [-0.05, 0) is 35.2 Å². The normalized spacial score (nSPS) is 11.6. The number of hydrogen-bond donors (Lipinski definition) is 1. The number of pyridine rings is 1. The van der Waals surface area contributed by atoms with E-state index in [2.05, 4.69) is 9.71 Å². The third kappa shape index (κ3) is 3.84. The quantitative estimate of drug-likeness (QED) is 0.888. The van der Waals surface area contributed by atoms with E-state index in [1.165, 1.54) is 7.11 Å². The minimum absolute atomic E-state index is 0.157. The molecule has 5 nitrogen and oxygen atoms in total. The van der Waals surface area contributed by atoms with Gasteiger partial charge in [0, 0.05) is 18.9 Å². The molecule has 118 valence electrons. The van der Waals surface area contributed by atoms with Crippen molar-refractivity contribution in [3.63, 3.8) is 0 Å². The fraction of sp³-hybridized carbons (Fsp3) is 0.312. The molecule has 1 heterocycles. The Labute approximate surface area is 131 Å². The van der Waals surface area contributed by atoms with Gasteiger partial charge < -0.3 is 4.74 Å². The summed E-state index contributed by atoms with van der Waals surface area (Å²) in [5.41, 5.74) is 1.74. The Morgan fingerprint density at radius 1 is 1.27 bits per heavy atom. The minimum Gasteiger partial charge on any atom is -0.495 e. The minimum atomic E-state index is -3.66. The van der Waals surface area contributed by atoms with Crippen LogP contribution in [0.4, 0.5) is 0 Å². The zero-order chi connectivity index (χ0) is 16.2. The van der Waals surface area contributed by atoms with Crippen LogP contribution in [0.15, 0.2) is 47.6 Å². The summed E-state index contributed by atoms with van der Waals surface area (Å²) in [7, 11) is -2.20. The molecule has 0 unspecified atom stereocenters. The third-order valence-corrected chi connectivity index (χ3v) is 4.76. The molecule has 0 saturated carbocycles. The molecular formula is C16H20N2O3S. The Bertz CT molecular complexity index is 728. The molecule has 2 aromatic rings. The van der Waals surface area contributed by atoms with E-state index in [4.69, 9.17) is 4.74 Å². The predicted molar refractivity (Wildman–Crippen MR) is 85.3 cm³/mol. The second kappa shape index (κ2) is 6.89. The van der Waals surface area contributed by atoms with Crippen LogP contribution in [0.3, 0.4) is 0 Å². The largest absolute Gasteiger partial charge is 0.495 e. The highest BCUT2D eigenvalue weighted by molar-refractivity contribution is 7.89. The summed E-state index contributed by atoms with van der Waals surface area (Å²) in [6.07, 6.45) is 3.28. The number of sulfonamides is 1. The van der Waals surface area contributed by atoms with Crippen molar-refractivity contribution in [2.75, 3.05) is 7.11 Å². The molecule has 0 aliphatic rings. The Morgan fingerprint density at radius 2 is 2.05 bits per heavy atom. The predicted octanol–water partition coefficient (Wildman–Crippen LogP) is 2.69. The van der Waals surface area contributed by atoms with E-state index in [0.29, 0.717) is 5.75 Å². The van der Waals surface area contributed by atoms with Crippen molar-refractivity contribution in [2.24, 2.45) is 0 Å². The maximum atomic E-state index is 12.5. The molecule has 1 aromatic heterocycles. The lowest BCUT2D eigenvalue weighted by Gasteiger charge is -2.14. The Balaban J connectivity index is 2.29. The molecule has 22 heavy (non-hydrogen) atoms. The second-order valence-corrected chi connectivity index (χ2v) is 6.99. The SMILES string of the molecule is COc1ccc(C(C)C)cc1S(=O)(=O)NCc1cccnc1. The topological polar surface area (TPSA) is 68.3 Å². The Kier molecular flexibility index (Phi) is 5.15. The standard InChI is InChI=1S/C16H20N2O3S/c1-12(2)14-6-7-15(21-3)16(9-14)22(19,20)18-11-13-5-4-8-17-10-13/h4-10,12,18H,11H2,1-3H3. The van der Waals surface area contributed by atoms with Crippen molar-refractivity contribution in [1.29, 1.82) is 0 Å². The summed E-state index contributed by atoms with van der Waals surface area (Å²) >= 11 is 0. The number of benzene rings is 1. The van der Waals surface area contributed by atoms with Crippen molar-refractivity contribution in [3.05, 3.63) is 53.9 Å². The van der Waals surface area contributed by atoms with Gasteiger partial charge in [0.2, 0.25) is 10.0 Å². The smallest absolute Gasteiger partial charge is 0.244 e. The van der Waals surface area contributed by atoms with Crippen molar-refractivity contribution in [3.8, 4) is 5.75 Å². The van der Waals surface area contributed by atoms with Crippen molar-refractivity contribution in [1.82, 2.24) is 9.71 Å². The molecule has 0 aliphatic heterocycles. The Hall–Kier alpha value is -1.92. The van der Waals surface area contributed by atoms with Gasteiger partial charge in [0.25, 0.3) is 0 Å². The van der Waals surface area contributed by atoms with Crippen LogP contribution in [0, 0.1) is 0 Å². The molecule has 0 spiro atoms. The molecular weight excluding hydrogens is 300 g/mol. The number of rotatable bonds is 6. The van der Waals surface area contributed by atoms with E-state index in [1.807, 2.05) is 26.0 Å². The van der Waals surface area contributed by atoms with Gasteiger partial charge in [-0.2, -0.15) is 0 Å². The van der Waals surface area contributed by atoms with E-state index in [9.17, 15) is 8.42 Å². The number of hydrogen-bond acceptors (Lipinski definition) is 4. The lowest BCUT2D eigenvalue weighted by molar-refractivity contribution is 0.402. The number of methoxy groups -OCH3 is 1. The van der Waals surface area contributed by atoms with Gasteiger partial charge in [-0.25, -0.2) is 13.1 Å². The van der Waals surface area contributed by atoms with E-state index in [0.717, 1.165) is 11.1 Å². The van der Waals surface area contributed by atoms with E-state index in [1.54, 1.807) is 30.6 Å². The van der Waals surface area contributed by atoms with Crippen LogP contribution in [0.2, 0.25) is 0 Å². The molecule has 0 amide bonds. The van der Waals surface area contributed by atoms with Gasteiger partial charge in [0.05, 0.1) is 7.11 Å². The first-order valence-electron chi connectivity index (χ1n) is 7.00. The molecule has 0 aliphatic carbocycles. The maximum absolute atomic E-state index is 12.5. The summed E-state index contributed by atoms with van der Waals surface area (Å²) in [4.78, 5) is 4.13. The number of aromatic nitrogens is 1. The van der Waals surface area contributed by atoms with Gasteiger partial charge >= 0.3 is 0 Å². The van der Waals surface area contributed by atoms with Crippen molar-refractivity contribution >= 4 is 10.0 Å². The van der Waals surface area contributed by atoms with Crippen LogP contribution in [0.5, 0.6) is 5.75 Å². The van der Waals surface area contributed by atoms with Gasteiger partial charge in [-0.3, -0.25) is 4.98 Å². The van der Waals surface area contributed by atoms with Crippen LogP contribution in [-0.2, 0) is 16.6 Å². The molecule has 0 fully saturated rings. The van der Waals surface area contributed by atoms with Gasteiger partial charge in [0.1, 0.15) is 10.6 Å². The fourth-order valence-electron chi connectivity index (χ4n) is 2.02. The maximum Gasteiger partial charge on any atom is 0.244 e. The van der Waals surface area contributed by atoms with Crippen molar-refractivity contribution < 1.29 is 13.2 Å². The zero-order valence-electron chi connectivity index (χ0n) is 12.9.